The zero-order chi connectivity index (χ0) is 18.4. The van der Waals surface area contributed by atoms with Crippen LogP contribution in [0, 0.1) is 17.3 Å². The maximum atomic E-state index is 13.0. The Kier molecular flexibility index (Phi) is 4.52. The molecular weight excluding hydrogens is 336 g/mol. The average molecular weight is 369 g/mol. The van der Waals surface area contributed by atoms with Gasteiger partial charge in [0.15, 0.2) is 0 Å². The van der Waals surface area contributed by atoms with Crippen molar-refractivity contribution in [3.8, 4) is 0 Å². The third-order valence-corrected chi connectivity index (χ3v) is 7.73. The number of piperidine rings is 3. The Morgan fingerprint density at radius 1 is 1.11 bits per heavy atom. The first-order chi connectivity index (χ1) is 13.2. The predicted molar refractivity (Wildman–Crippen MR) is 105 cm³/mol. The molecule has 3 saturated heterocycles. The van der Waals surface area contributed by atoms with Crippen LogP contribution in [0.4, 0.5) is 0 Å². The molecule has 4 nitrogen and oxygen atoms in total. The van der Waals surface area contributed by atoms with Gasteiger partial charge in [-0.3, -0.25) is 9.69 Å². The molecule has 1 aliphatic carbocycles. The SMILES string of the molecule is O=C(N1C[C@@H]2C[C@H](C1)[C@@H]1CCC[C@H](Cc3ccccc3)N1C2)C1(CO)CC1. The summed E-state index contributed by atoms with van der Waals surface area (Å²) in [6.45, 7) is 3.00. The summed E-state index contributed by atoms with van der Waals surface area (Å²) in [6, 6.07) is 12.2. The number of amides is 1. The lowest BCUT2D eigenvalue weighted by atomic mass is 9.74. The first-order valence-corrected chi connectivity index (χ1v) is 10.9. The van der Waals surface area contributed by atoms with Crippen molar-refractivity contribution in [1.82, 2.24) is 9.80 Å². The number of carbonyl (C=O) groups is 1. The van der Waals surface area contributed by atoms with E-state index in [1.165, 1.54) is 31.2 Å². The van der Waals surface area contributed by atoms with E-state index in [0.29, 0.717) is 23.9 Å². The summed E-state index contributed by atoms with van der Waals surface area (Å²) in [6.07, 6.45) is 8.11. The van der Waals surface area contributed by atoms with Gasteiger partial charge >= 0.3 is 0 Å². The normalized spacial score (nSPS) is 34.8. The number of nitrogens with zero attached hydrogens (tertiary/aromatic N) is 2. The van der Waals surface area contributed by atoms with Crippen LogP contribution in [0.3, 0.4) is 0 Å². The molecule has 4 aliphatic rings. The molecule has 4 atom stereocenters. The molecule has 4 fully saturated rings. The molecule has 27 heavy (non-hydrogen) atoms. The van der Waals surface area contributed by atoms with Crippen molar-refractivity contribution in [3.05, 3.63) is 35.9 Å². The van der Waals surface area contributed by atoms with Crippen LogP contribution in [-0.2, 0) is 11.2 Å². The highest BCUT2D eigenvalue weighted by molar-refractivity contribution is 5.85. The van der Waals surface area contributed by atoms with Gasteiger partial charge in [-0.2, -0.15) is 0 Å². The maximum Gasteiger partial charge on any atom is 0.231 e. The topological polar surface area (TPSA) is 43.8 Å². The van der Waals surface area contributed by atoms with Crippen LogP contribution < -0.4 is 0 Å². The second-order valence-corrected chi connectivity index (χ2v) is 9.55. The second kappa shape index (κ2) is 6.89. The molecule has 0 spiro atoms. The Hall–Kier alpha value is -1.39. The van der Waals surface area contributed by atoms with Crippen LogP contribution in [0.25, 0.3) is 0 Å². The summed E-state index contributed by atoms with van der Waals surface area (Å²) in [4.78, 5) is 17.9. The molecule has 1 saturated carbocycles. The molecule has 1 aromatic carbocycles. The van der Waals surface area contributed by atoms with Gasteiger partial charge in [0.1, 0.15) is 0 Å². The number of aliphatic hydroxyl groups is 1. The quantitative estimate of drug-likeness (QED) is 0.889. The molecule has 1 aromatic rings. The summed E-state index contributed by atoms with van der Waals surface area (Å²) in [5, 5.41) is 9.67. The summed E-state index contributed by atoms with van der Waals surface area (Å²) in [7, 11) is 0. The van der Waals surface area contributed by atoms with Gasteiger partial charge in [0, 0.05) is 31.7 Å². The van der Waals surface area contributed by atoms with Gasteiger partial charge in [0.05, 0.1) is 12.0 Å². The Morgan fingerprint density at radius 3 is 2.67 bits per heavy atom. The van der Waals surface area contributed by atoms with Crippen LogP contribution >= 0.6 is 0 Å². The lowest BCUT2D eigenvalue weighted by Crippen LogP contribution is -2.63. The fourth-order valence-corrected chi connectivity index (χ4v) is 6.11. The number of hydrogen-bond acceptors (Lipinski definition) is 3. The summed E-state index contributed by atoms with van der Waals surface area (Å²) in [5.74, 6) is 1.47. The fourth-order valence-electron chi connectivity index (χ4n) is 6.11. The Labute approximate surface area is 162 Å². The molecule has 0 aromatic heterocycles. The van der Waals surface area contributed by atoms with Crippen molar-refractivity contribution >= 4 is 5.91 Å². The lowest BCUT2D eigenvalue weighted by molar-refractivity contribution is -0.146. The van der Waals surface area contributed by atoms with E-state index >= 15 is 0 Å². The number of aliphatic hydroxyl groups excluding tert-OH is 1. The largest absolute Gasteiger partial charge is 0.395 e. The number of carbonyl (C=O) groups excluding carboxylic acids is 1. The Balaban J connectivity index is 1.30. The van der Waals surface area contributed by atoms with Gasteiger partial charge in [-0.25, -0.2) is 0 Å². The van der Waals surface area contributed by atoms with E-state index in [-0.39, 0.29) is 12.5 Å². The van der Waals surface area contributed by atoms with Crippen molar-refractivity contribution < 1.29 is 9.90 Å². The molecule has 1 amide bonds. The molecule has 4 heteroatoms. The highest BCUT2D eigenvalue weighted by Gasteiger charge is 2.53. The first kappa shape index (κ1) is 17.7. The third-order valence-electron chi connectivity index (χ3n) is 7.73. The number of rotatable bonds is 4. The monoisotopic (exact) mass is 368 g/mol. The first-order valence-electron chi connectivity index (χ1n) is 10.9. The van der Waals surface area contributed by atoms with Gasteiger partial charge < -0.3 is 10.0 Å². The summed E-state index contributed by atoms with van der Waals surface area (Å²) in [5.41, 5.74) is 1.04. The zero-order valence-electron chi connectivity index (χ0n) is 16.2. The van der Waals surface area contributed by atoms with Gasteiger partial charge in [0.25, 0.3) is 0 Å². The minimum Gasteiger partial charge on any atom is -0.395 e. The molecule has 3 heterocycles. The van der Waals surface area contributed by atoms with Crippen molar-refractivity contribution in [3.63, 3.8) is 0 Å². The highest BCUT2D eigenvalue weighted by atomic mass is 16.3. The predicted octanol–water partition coefficient (Wildman–Crippen LogP) is 2.70. The zero-order valence-corrected chi connectivity index (χ0v) is 16.2. The number of benzene rings is 1. The van der Waals surface area contributed by atoms with Gasteiger partial charge in [-0.05, 0) is 55.9 Å². The molecule has 2 bridgehead atoms. The minimum atomic E-state index is -0.409. The van der Waals surface area contributed by atoms with Gasteiger partial charge in [0.2, 0.25) is 5.91 Å². The van der Waals surface area contributed by atoms with E-state index in [9.17, 15) is 9.90 Å². The van der Waals surface area contributed by atoms with Crippen LogP contribution in [-0.4, -0.2) is 59.1 Å². The third kappa shape index (κ3) is 3.21. The van der Waals surface area contributed by atoms with E-state index in [1.54, 1.807) is 0 Å². The van der Waals surface area contributed by atoms with Crippen LogP contribution in [0.2, 0.25) is 0 Å². The number of fused-ring (bicyclic) bond motifs is 4. The molecule has 1 N–H and O–H groups in total. The van der Waals surface area contributed by atoms with Crippen LogP contribution in [0.15, 0.2) is 30.3 Å². The molecule has 3 aliphatic heterocycles. The molecule has 5 rings (SSSR count). The molecular formula is C23H32N2O2. The Morgan fingerprint density at radius 2 is 1.93 bits per heavy atom. The molecule has 146 valence electrons. The number of hydrogen-bond donors (Lipinski definition) is 1. The summed E-state index contributed by atoms with van der Waals surface area (Å²) < 4.78 is 0. The summed E-state index contributed by atoms with van der Waals surface area (Å²) >= 11 is 0. The molecule has 0 radical (unpaired) electrons. The second-order valence-electron chi connectivity index (χ2n) is 9.55. The number of likely N-dealkylation sites (tertiary alicyclic amines) is 1. The highest BCUT2D eigenvalue weighted by Crippen LogP contribution is 2.48. The van der Waals surface area contributed by atoms with E-state index in [2.05, 4.69) is 40.1 Å². The van der Waals surface area contributed by atoms with Crippen LogP contribution in [0.1, 0.15) is 44.1 Å². The fraction of sp³-hybridized carbons (Fsp3) is 0.696. The maximum absolute atomic E-state index is 13.0. The average Bonchev–Trinajstić information content (AvgIpc) is 3.50. The van der Waals surface area contributed by atoms with E-state index < -0.39 is 5.41 Å². The van der Waals surface area contributed by atoms with Gasteiger partial charge in [-0.1, -0.05) is 36.8 Å². The van der Waals surface area contributed by atoms with Crippen molar-refractivity contribution in [2.45, 2.75) is 57.0 Å². The van der Waals surface area contributed by atoms with Gasteiger partial charge in [-0.15, -0.1) is 0 Å². The minimum absolute atomic E-state index is 0.0341. The van der Waals surface area contributed by atoms with Crippen molar-refractivity contribution in [1.29, 1.82) is 0 Å². The van der Waals surface area contributed by atoms with Crippen molar-refractivity contribution in [2.24, 2.45) is 17.3 Å². The smallest absolute Gasteiger partial charge is 0.231 e. The molecule has 0 unspecified atom stereocenters. The van der Waals surface area contributed by atoms with E-state index in [0.717, 1.165) is 38.9 Å². The lowest BCUT2D eigenvalue weighted by Gasteiger charge is -2.55. The van der Waals surface area contributed by atoms with Crippen LogP contribution in [0.5, 0.6) is 0 Å². The standard InChI is InChI=1S/C23H32N2O2/c26-16-23(9-10-23)22(27)24-13-18-11-19(15-24)21-8-4-7-20(25(21)14-18)12-17-5-2-1-3-6-17/h1-3,5-6,18-21,26H,4,7-16H2/t18-,19+,20+,21-/m0/s1. The van der Waals surface area contributed by atoms with E-state index in [4.69, 9.17) is 0 Å². The van der Waals surface area contributed by atoms with E-state index in [1.807, 2.05) is 0 Å². The van der Waals surface area contributed by atoms with Crippen molar-refractivity contribution in [2.75, 3.05) is 26.2 Å². The Bertz CT molecular complexity index is 687.